The zero-order chi connectivity index (χ0) is 8.23. The third-order valence-corrected chi connectivity index (χ3v) is 2.18. The average Bonchev–Trinajstić information content (AvgIpc) is 2.21. The van der Waals surface area contributed by atoms with Crippen LogP contribution in [-0.4, -0.2) is 37.2 Å². The Morgan fingerprint density at radius 2 is 2.42 bits per heavy atom. The molecule has 1 fully saturated rings. The molecule has 2 aliphatic heterocycles. The second-order valence-corrected chi connectivity index (χ2v) is 3.06. The quantitative estimate of drug-likeness (QED) is 0.586. The van der Waals surface area contributed by atoms with Crippen LogP contribution >= 0.6 is 0 Å². The van der Waals surface area contributed by atoms with Crippen molar-refractivity contribution in [2.45, 2.75) is 6.17 Å². The van der Waals surface area contributed by atoms with E-state index in [1.54, 1.807) is 0 Å². The molecule has 3 nitrogen and oxygen atoms in total. The van der Waals surface area contributed by atoms with Crippen molar-refractivity contribution in [3.8, 4) is 0 Å². The van der Waals surface area contributed by atoms with E-state index in [4.69, 9.17) is 0 Å². The van der Waals surface area contributed by atoms with Crippen molar-refractivity contribution >= 4 is 0 Å². The molecule has 0 aromatic heterocycles. The largest absolute Gasteiger partial charge is 0.356 e. The molecule has 0 spiro atoms. The summed E-state index contributed by atoms with van der Waals surface area (Å²) in [5.74, 6) is 0. The van der Waals surface area contributed by atoms with E-state index in [0.717, 1.165) is 26.2 Å². The SMILES string of the molecule is C1=CCN(C2CNCC[N]2)C=C1. The average molecular weight is 164 g/mol. The molecule has 1 unspecified atom stereocenters. The fourth-order valence-electron chi connectivity index (χ4n) is 1.51. The molecule has 1 atom stereocenters. The van der Waals surface area contributed by atoms with Gasteiger partial charge in [0.25, 0.3) is 0 Å². The molecular formula is C9H14N3. The van der Waals surface area contributed by atoms with Crippen molar-refractivity contribution in [2.24, 2.45) is 0 Å². The molecule has 0 saturated carbocycles. The zero-order valence-electron chi connectivity index (χ0n) is 7.11. The van der Waals surface area contributed by atoms with Crippen LogP contribution in [0.1, 0.15) is 0 Å². The molecule has 0 aromatic carbocycles. The van der Waals surface area contributed by atoms with Crippen LogP contribution < -0.4 is 10.6 Å². The molecular weight excluding hydrogens is 150 g/mol. The van der Waals surface area contributed by atoms with Crippen molar-refractivity contribution < 1.29 is 0 Å². The Balaban J connectivity index is 1.90. The van der Waals surface area contributed by atoms with Crippen LogP contribution in [0.4, 0.5) is 0 Å². The van der Waals surface area contributed by atoms with E-state index in [-0.39, 0.29) is 0 Å². The maximum absolute atomic E-state index is 4.53. The van der Waals surface area contributed by atoms with Gasteiger partial charge in [-0.2, -0.15) is 0 Å². The summed E-state index contributed by atoms with van der Waals surface area (Å²) in [6.07, 6.45) is 8.76. The van der Waals surface area contributed by atoms with Gasteiger partial charge in [0, 0.05) is 32.4 Å². The first-order valence-electron chi connectivity index (χ1n) is 4.43. The van der Waals surface area contributed by atoms with Gasteiger partial charge in [0.15, 0.2) is 0 Å². The van der Waals surface area contributed by atoms with Gasteiger partial charge >= 0.3 is 0 Å². The standard InChI is InChI=1S/C9H14N3/c1-2-6-12(7-3-1)9-8-10-4-5-11-9/h1-3,6,9-10H,4-5,7-8H2. The van der Waals surface area contributed by atoms with Crippen LogP contribution in [0, 0.1) is 0 Å². The van der Waals surface area contributed by atoms with Gasteiger partial charge in [-0.25, -0.2) is 5.32 Å². The summed E-state index contributed by atoms with van der Waals surface area (Å²) >= 11 is 0. The summed E-state index contributed by atoms with van der Waals surface area (Å²) in [6, 6.07) is 0. The second-order valence-electron chi connectivity index (χ2n) is 3.06. The number of hydrogen-bond acceptors (Lipinski definition) is 2. The number of allylic oxidation sites excluding steroid dienone is 2. The number of nitrogens with one attached hydrogen (secondary N) is 1. The molecule has 65 valence electrons. The van der Waals surface area contributed by atoms with E-state index in [9.17, 15) is 0 Å². The predicted molar refractivity (Wildman–Crippen MR) is 48.6 cm³/mol. The molecule has 0 aliphatic carbocycles. The molecule has 0 amide bonds. The fraction of sp³-hybridized carbons (Fsp3) is 0.556. The monoisotopic (exact) mass is 164 g/mol. The van der Waals surface area contributed by atoms with Crippen LogP contribution in [0.2, 0.25) is 0 Å². The van der Waals surface area contributed by atoms with E-state index in [0.29, 0.717) is 6.17 Å². The Labute approximate surface area is 73.1 Å². The van der Waals surface area contributed by atoms with Crippen molar-refractivity contribution in [3.63, 3.8) is 0 Å². The molecule has 2 rings (SSSR count). The lowest BCUT2D eigenvalue weighted by molar-refractivity contribution is 0.217. The van der Waals surface area contributed by atoms with Crippen LogP contribution in [0.5, 0.6) is 0 Å². The third-order valence-electron chi connectivity index (χ3n) is 2.18. The first-order chi connectivity index (χ1) is 5.97. The summed E-state index contributed by atoms with van der Waals surface area (Å²) in [5, 5.41) is 7.87. The first-order valence-corrected chi connectivity index (χ1v) is 4.43. The summed E-state index contributed by atoms with van der Waals surface area (Å²) < 4.78 is 0. The smallest absolute Gasteiger partial charge is 0.108 e. The number of nitrogens with zero attached hydrogens (tertiary/aromatic N) is 2. The van der Waals surface area contributed by atoms with Crippen molar-refractivity contribution in [1.29, 1.82) is 0 Å². The minimum Gasteiger partial charge on any atom is -0.356 e. The maximum Gasteiger partial charge on any atom is 0.108 e. The first kappa shape index (κ1) is 7.83. The van der Waals surface area contributed by atoms with Gasteiger partial charge in [-0.15, -0.1) is 0 Å². The molecule has 1 N–H and O–H groups in total. The highest BCUT2D eigenvalue weighted by Crippen LogP contribution is 2.04. The van der Waals surface area contributed by atoms with E-state index in [1.807, 2.05) is 0 Å². The predicted octanol–water partition coefficient (Wildman–Crippen LogP) is -0.0944. The number of rotatable bonds is 1. The second kappa shape index (κ2) is 3.74. The van der Waals surface area contributed by atoms with Crippen LogP contribution in [-0.2, 0) is 0 Å². The molecule has 0 bridgehead atoms. The Hall–Kier alpha value is -0.800. The van der Waals surface area contributed by atoms with Crippen molar-refractivity contribution in [1.82, 2.24) is 15.5 Å². The fourth-order valence-corrected chi connectivity index (χ4v) is 1.51. The van der Waals surface area contributed by atoms with E-state index < -0.39 is 0 Å². The highest BCUT2D eigenvalue weighted by molar-refractivity contribution is 5.09. The van der Waals surface area contributed by atoms with Gasteiger partial charge in [0.1, 0.15) is 6.17 Å². The molecule has 1 saturated heterocycles. The number of piperazine rings is 1. The van der Waals surface area contributed by atoms with E-state index >= 15 is 0 Å². The molecule has 0 aromatic rings. The highest BCUT2D eigenvalue weighted by atomic mass is 15.3. The summed E-state index contributed by atoms with van der Waals surface area (Å²) in [6.45, 7) is 3.95. The van der Waals surface area contributed by atoms with E-state index in [2.05, 4.69) is 40.0 Å². The Morgan fingerprint density at radius 3 is 3.08 bits per heavy atom. The summed E-state index contributed by atoms with van der Waals surface area (Å²) in [4.78, 5) is 2.26. The van der Waals surface area contributed by atoms with Gasteiger partial charge in [-0.1, -0.05) is 12.2 Å². The van der Waals surface area contributed by atoms with Gasteiger partial charge in [-0.3, -0.25) is 0 Å². The van der Waals surface area contributed by atoms with Crippen molar-refractivity contribution in [3.05, 3.63) is 24.4 Å². The molecule has 2 heterocycles. The molecule has 1 radical (unpaired) electrons. The Kier molecular flexibility index (Phi) is 2.44. The molecule has 2 aliphatic rings. The lowest BCUT2D eigenvalue weighted by Crippen LogP contribution is -2.52. The lowest BCUT2D eigenvalue weighted by atomic mass is 10.3. The molecule has 3 heteroatoms. The zero-order valence-corrected chi connectivity index (χ0v) is 7.11. The van der Waals surface area contributed by atoms with Gasteiger partial charge in [-0.05, 0) is 6.08 Å². The van der Waals surface area contributed by atoms with Crippen molar-refractivity contribution in [2.75, 3.05) is 26.2 Å². The minimum atomic E-state index is 0.347. The van der Waals surface area contributed by atoms with Gasteiger partial charge in [0.05, 0.1) is 0 Å². The van der Waals surface area contributed by atoms with Gasteiger partial charge in [0.2, 0.25) is 0 Å². The van der Waals surface area contributed by atoms with Crippen LogP contribution in [0.3, 0.4) is 0 Å². The van der Waals surface area contributed by atoms with Gasteiger partial charge < -0.3 is 10.2 Å². The summed E-state index contributed by atoms with van der Waals surface area (Å²) in [7, 11) is 0. The maximum atomic E-state index is 4.53. The van der Waals surface area contributed by atoms with Crippen LogP contribution in [0.25, 0.3) is 0 Å². The topological polar surface area (TPSA) is 29.4 Å². The Morgan fingerprint density at radius 1 is 1.42 bits per heavy atom. The minimum absolute atomic E-state index is 0.347. The van der Waals surface area contributed by atoms with Crippen LogP contribution in [0.15, 0.2) is 24.4 Å². The van der Waals surface area contributed by atoms with E-state index in [1.165, 1.54) is 0 Å². The lowest BCUT2D eigenvalue weighted by Gasteiger charge is -2.33. The summed E-state index contributed by atoms with van der Waals surface area (Å²) in [5.41, 5.74) is 0. The molecule has 12 heavy (non-hydrogen) atoms. The third kappa shape index (κ3) is 1.68. The normalized spacial score (nSPS) is 29.3. The number of hydrogen-bond donors (Lipinski definition) is 1. The highest BCUT2D eigenvalue weighted by Gasteiger charge is 2.18. The Bertz CT molecular complexity index is 192.